The van der Waals surface area contributed by atoms with Crippen LogP contribution in [-0.4, -0.2) is 44.5 Å². The first-order valence-electron chi connectivity index (χ1n) is 15.9. The number of aliphatic hydroxyl groups is 2. The third-order valence-electron chi connectivity index (χ3n) is 8.17. The molecule has 5 rings (SSSR count). The molecule has 2 unspecified atom stereocenters. The Kier molecular flexibility index (Phi) is 9.79. The molecule has 3 aromatic carbocycles. The van der Waals surface area contributed by atoms with Crippen molar-refractivity contribution in [3.05, 3.63) is 102 Å². The van der Waals surface area contributed by atoms with Crippen molar-refractivity contribution >= 4 is 17.6 Å². The summed E-state index contributed by atoms with van der Waals surface area (Å²) in [7, 11) is 0. The van der Waals surface area contributed by atoms with Crippen LogP contribution >= 0.6 is 0 Å². The predicted octanol–water partition coefficient (Wildman–Crippen LogP) is 7.48. The standard InChI is InChI=1S/C38H43FN2O5/c1-24(2)41-32(20-19-29(42)21-30(43)22-33(44)46-38(3,4)5)34(25-15-17-27(39)18-16-25)35-31-14-10-9-11-26(31)23-40(37(45)36(35)41)28-12-7-6-8-13-28/h6-18,24,29-30,42-43H,19-23H2,1-5H3. The Morgan fingerprint density at radius 3 is 2.22 bits per heavy atom. The zero-order valence-electron chi connectivity index (χ0n) is 27.2. The van der Waals surface area contributed by atoms with Crippen LogP contribution in [-0.2, 0) is 22.5 Å². The van der Waals surface area contributed by atoms with Crippen molar-refractivity contribution in [1.82, 2.24) is 4.57 Å². The number of fused-ring (bicyclic) bond motifs is 3. The molecule has 2 heterocycles. The number of carbonyl (C=O) groups is 2. The average Bonchev–Trinajstić information content (AvgIpc) is 3.27. The first kappa shape index (κ1) is 33.1. The SMILES string of the molecule is CC(C)n1c(CCC(O)CC(O)CC(=O)OC(C)(C)C)c(-c2ccc(F)cc2)c2c1C(=O)N(c1ccccc1)Cc1ccccc1-2. The van der Waals surface area contributed by atoms with Gasteiger partial charge in [0, 0.05) is 28.6 Å². The highest BCUT2D eigenvalue weighted by atomic mass is 19.1. The maximum absolute atomic E-state index is 14.7. The second-order valence-electron chi connectivity index (χ2n) is 13.3. The van der Waals surface area contributed by atoms with Crippen LogP contribution in [0.15, 0.2) is 78.9 Å². The number of aliphatic hydroxyl groups excluding tert-OH is 2. The molecule has 0 saturated carbocycles. The van der Waals surface area contributed by atoms with Gasteiger partial charge >= 0.3 is 5.97 Å². The van der Waals surface area contributed by atoms with Gasteiger partial charge in [-0.05, 0) is 94.8 Å². The van der Waals surface area contributed by atoms with Gasteiger partial charge in [-0.2, -0.15) is 0 Å². The van der Waals surface area contributed by atoms with Crippen molar-refractivity contribution in [3.63, 3.8) is 0 Å². The van der Waals surface area contributed by atoms with E-state index in [-0.39, 0.29) is 37.0 Å². The summed E-state index contributed by atoms with van der Waals surface area (Å²) < 4.78 is 21.6. The third-order valence-corrected chi connectivity index (χ3v) is 8.17. The highest BCUT2D eigenvalue weighted by Gasteiger charge is 2.36. The van der Waals surface area contributed by atoms with E-state index in [1.54, 1.807) is 37.8 Å². The predicted molar refractivity (Wildman–Crippen MR) is 178 cm³/mol. The molecular formula is C38H43FN2O5. The summed E-state index contributed by atoms with van der Waals surface area (Å²) in [4.78, 5) is 28.7. The smallest absolute Gasteiger partial charge is 0.308 e. The summed E-state index contributed by atoms with van der Waals surface area (Å²) in [6.07, 6.45) is -1.56. The fourth-order valence-electron chi connectivity index (χ4n) is 6.34. The highest BCUT2D eigenvalue weighted by molar-refractivity contribution is 6.13. The summed E-state index contributed by atoms with van der Waals surface area (Å²) in [5, 5.41) is 21.6. The Hall–Kier alpha value is -4.27. The fourth-order valence-corrected chi connectivity index (χ4v) is 6.34. The van der Waals surface area contributed by atoms with Crippen molar-refractivity contribution in [2.45, 2.75) is 90.7 Å². The first-order chi connectivity index (χ1) is 21.8. The van der Waals surface area contributed by atoms with Crippen LogP contribution in [0.3, 0.4) is 0 Å². The molecular weight excluding hydrogens is 583 g/mol. The number of anilines is 1. The van der Waals surface area contributed by atoms with Gasteiger partial charge in [-0.3, -0.25) is 9.59 Å². The molecule has 7 nitrogen and oxygen atoms in total. The van der Waals surface area contributed by atoms with Crippen LogP contribution in [0.5, 0.6) is 0 Å². The maximum Gasteiger partial charge on any atom is 0.308 e. The monoisotopic (exact) mass is 626 g/mol. The Bertz CT molecular complexity index is 1690. The number of benzene rings is 3. The summed E-state index contributed by atoms with van der Waals surface area (Å²) in [5.41, 5.74) is 5.78. The van der Waals surface area contributed by atoms with E-state index in [9.17, 15) is 24.2 Å². The van der Waals surface area contributed by atoms with E-state index in [0.717, 1.165) is 39.2 Å². The summed E-state index contributed by atoms with van der Waals surface area (Å²) in [5.74, 6) is -1.03. The molecule has 2 N–H and O–H groups in total. The Balaban J connectivity index is 1.60. The lowest BCUT2D eigenvalue weighted by Gasteiger charge is -2.25. The molecule has 1 aromatic heterocycles. The number of rotatable bonds is 10. The zero-order valence-corrected chi connectivity index (χ0v) is 27.2. The number of para-hydroxylation sites is 1. The van der Waals surface area contributed by atoms with E-state index in [4.69, 9.17) is 4.74 Å². The highest BCUT2D eigenvalue weighted by Crippen LogP contribution is 2.46. The normalized spacial score (nSPS) is 14.5. The number of aromatic nitrogens is 1. The first-order valence-corrected chi connectivity index (χ1v) is 15.9. The summed E-state index contributed by atoms with van der Waals surface area (Å²) in [6, 6.07) is 23.7. The fraction of sp³-hybridized carbons (Fsp3) is 0.368. The minimum absolute atomic E-state index is 0.00320. The Morgan fingerprint density at radius 1 is 0.913 bits per heavy atom. The van der Waals surface area contributed by atoms with Gasteiger partial charge in [0.05, 0.1) is 25.2 Å². The quantitative estimate of drug-likeness (QED) is 0.178. The topological polar surface area (TPSA) is 92.0 Å². The second-order valence-corrected chi connectivity index (χ2v) is 13.3. The van der Waals surface area contributed by atoms with Crippen molar-refractivity contribution < 1.29 is 28.9 Å². The number of halogens is 1. The third kappa shape index (κ3) is 7.24. The van der Waals surface area contributed by atoms with Crippen molar-refractivity contribution in [3.8, 4) is 22.3 Å². The molecule has 0 spiro atoms. The van der Waals surface area contributed by atoms with Crippen LogP contribution in [0, 0.1) is 5.82 Å². The van der Waals surface area contributed by atoms with E-state index >= 15 is 0 Å². The van der Waals surface area contributed by atoms with Gasteiger partial charge in [0.2, 0.25) is 0 Å². The van der Waals surface area contributed by atoms with E-state index < -0.39 is 23.8 Å². The van der Waals surface area contributed by atoms with Crippen molar-refractivity contribution in [2.75, 3.05) is 4.90 Å². The van der Waals surface area contributed by atoms with E-state index in [1.165, 1.54) is 12.1 Å². The Morgan fingerprint density at radius 2 is 1.57 bits per heavy atom. The molecule has 1 aliphatic rings. The van der Waals surface area contributed by atoms with Crippen LogP contribution < -0.4 is 4.90 Å². The molecule has 8 heteroatoms. The summed E-state index contributed by atoms with van der Waals surface area (Å²) >= 11 is 0. The Labute approximate surface area is 270 Å². The minimum Gasteiger partial charge on any atom is -0.460 e. The molecule has 242 valence electrons. The maximum atomic E-state index is 14.7. The molecule has 0 fully saturated rings. The van der Waals surface area contributed by atoms with Gasteiger partial charge in [-0.25, -0.2) is 4.39 Å². The molecule has 4 aromatic rings. The molecule has 0 radical (unpaired) electrons. The van der Waals surface area contributed by atoms with Crippen LogP contribution in [0.4, 0.5) is 10.1 Å². The van der Waals surface area contributed by atoms with Gasteiger partial charge in [0.25, 0.3) is 5.91 Å². The number of nitrogens with zero attached hydrogens (tertiary/aromatic N) is 2. The molecule has 1 amide bonds. The van der Waals surface area contributed by atoms with Gasteiger partial charge < -0.3 is 24.4 Å². The van der Waals surface area contributed by atoms with Gasteiger partial charge in [0.1, 0.15) is 17.1 Å². The van der Waals surface area contributed by atoms with Gasteiger partial charge in [0.15, 0.2) is 0 Å². The zero-order chi connectivity index (χ0) is 33.2. The number of hydrogen-bond donors (Lipinski definition) is 2. The minimum atomic E-state index is -1.07. The average molecular weight is 627 g/mol. The molecule has 2 atom stereocenters. The number of ether oxygens (including phenoxy) is 1. The van der Waals surface area contributed by atoms with Crippen molar-refractivity contribution in [1.29, 1.82) is 0 Å². The lowest BCUT2D eigenvalue weighted by molar-refractivity contribution is -0.157. The van der Waals surface area contributed by atoms with Gasteiger partial charge in [-0.1, -0.05) is 54.6 Å². The van der Waals surface area contributed by atoms with Gasteiger partial charge in [-0.15, -0.1) is 0 Å². The number of carbonyl (C=O) groups excluding carboxylic acids is 2. The van der Waals surface area contributed by atoms with Crippen LogP contribution in [0.2, 0.25) is 0 Å². The lowest BCUT2D eigenvalue weighted by Crippen LogP contribution is -2.32. The molecule has 46 heavy (non-hydrogen) atoms. The van der Waals surface area contributed by atoms with Crippen LogP contribution in [0.1, 0.15) is 81.7 Å². The largest absolute Gasteiger partial charge is 0.460 e. The van der Waals surface area contributed by atoms with Crippen LogP contribution in [0.25, 0.3) is 22.3 Å². The number of esters is 1. The number of amides is 1. The van der Waals surface area contributed by atoms with E-state index in [1.807, 2.05) is 68.4 Å². The molecule has 0 saturated heterocycles. The molecule has 1 aliphatic heterocycles. The lowest BCUT2D eigenvalue weighted by atomic mass is 9.91. The summed E-state index contributed by atoms with van der Waals surface area (Å²) in [6.45, 7) is 9.72. The molecule has 0 bridgehead atoms. The van der Waals surface area contributed by atoms with E-state index in [2.05, 4.69) is 4.57 Å². The molecule has 0 aliphatic carbocycles. The van der Waals surface area contributed by atoms with Crippen molar-refractivity contribution in [2.24, 2.45) is 0 Å². The van der Waals surface area contributed by atoms with E-state index in [0.29, 0.717) is 18.7 Å². The second kappa shape index (κ2) is 13.6. The number of hydrogen-bond acceptors (Lipinski definition) is 5.